The number of rotatable bonds is 2. The van der Waals surface area contributed by atoms with Crippen LogP contribution in [0.1, 0.15) is 39.0 Å². The highest BCUT2D eigenvalue weighted by Gasteiger charge is 2.45. The first-order chi connectivity index (χ1) is 10.3. The van der Waals surface area contributed by atoms with Crippen LogP contribution in [0.15, 0.2) is 11.0 Å². The van der Waals surface area contributed by atoms with Gasteiger partial charge in [0, 0.05) is 18.2 Å². The van der Waals surface area contributed by atoms with Crippen molar-refractivity contribution in [3.63, 3.8) is 0 Å². The molecule has 2 unspecified atom stereocenters. The number of aromatic nitrogens is 2. The molecule has 0 N–H and O–H groups in total. The lowest BCUT2D eigenvalue weighted by atomic mass is 9.97. The van der Waals surface area contributed by atoms with Crippen LogP contribution in [0.4, 0.5) is 0 Å². The third kappa shape index (κ3) is 2.61. The van der Waals surface area contributed by atoms with E-state index >= 15 is 0 Å². The Morgan fingerprint density at radius 2 is 2.23 bits per heavy atom. The Labute approximate surface area is 128 Å². The largest absolute Gasteiger partial charge is 0.463 e. The van der Waals surface area contributed by atoms with Gasteiger partial charge in [-0.2, -0.15) is 4.98 Å². The fourth-order valence-corrected chi connectivity index (χ4v) is 2.52. The highest BCUT2D eigenvalue weighted by Crippen LogP contribution is 2.38. The van der Waals surface area contributed by atoms with E-state index in [4.69, 9.17) is 14.2 Å². The summed E-state index contributed by atoms with van der Waals surface area (Å²) >= 11 is 0. The monoisotopic (exact) mass is 308 g/mol. The number of ether oxygens (including phenoxy) is 3. The summed E-state index contributed by atoms with van der Waals surface area (Å²) in [5, 5.41) is 0. The highest BCUT2D eigenvalue weighted by molar-refractivity contribution is 5.75. The SMILES string of the molecule is Cc1cn2c(nc1=O)OC1C[C@@H](COC(=O)C(C)(C)C)OC12. The molecule has 0 amide bonds. The summed E-state index contributed by atoms with van der Waals surface area (Å²) in [7, 11) is 0. The van der Waals surface area contributed by atoms with Gasteiger partial charge in [-0.15, -0.1) is 0 Å². The van der Waals surface area contributed by atoms with E-state index in [0.29, 0.717) is 12.0 Å². The van der Waals surface area contributed by atoms with Crippen LogP contribution in [-0.2, 0) is 14.3 Å². The lowest BCUT2D eigenvalue weighted by Crippen LogP contribution is -2.27. The predicted molar refractivity (Wildman–Crippen MR) is 76.6 cm³/mol. The van der Waals surface area contributed by atoms with E-state index in [0.717, 1.165) is 0 Å². The maximum Gasteiger partial charge on any atom is 0.311 e. The summed E-state index contributed by atoms with van der Waals surface area (Å²) < 4.78 is 18.6. The van der Waals surface area contributed by atoms with Crippen LogP contribution in [0, 0.1) is 12.3 Å². The molecular formula is C15H20N2O5. The van der Waals surface area contributed by atoms with Crippen molar-refractivity contribution in [3.05, 3.63) is 22.1 Å². The molecule has 7 heteroatoms. The molecule has 0 aromatic carbocycles. The summed E-state index contributed by atoms with van der Waals surface area (Å²) in [6.07, 6.45) is 1.55. The molecule has 0 spiro atoms. The van der Waals surface area contributed by atoms with Crippen molar-refractivity contribution in [1.82, 2.24) is 9.55 Å². The molecule has 2 aliphatic rings. The minimum atomic E-state index is -0.530. The van der Waals surface area contributed by atoms with Crippen LogP contribution in [0.25, 0.3) is 0 Å². The minimum absolute atomic E-state index is 0.202. The van der Waals surface area contributed by atoms with Crippen LogP contribution in [0.3, 0.4) is 0 Å². The standard InChI is InChI=1S/C15H20N2O5/c1-8-6-17-12-10(22-14(17)16-11(8)18)5-9(21-12)7-20-13(19)15(2,3)4/h6,9-10,12H,5,7H2,1-4H3/t9-,10?,12?/m0/s1. The van der Waals surface area contributed by atoms with Gasteiger partial charge in [0.05, 0.1) is 11.5 Å². The van der Waals surface area contributed by atoms with Gasteiger partial charge in [-0.1, -0.05) is 0 Å². The van der Waals surface area contributed by atoms with Gasteiger partial charge in [0.1, 0.15) is 12.7 Å². The zero-order valence-electron chi connectivity index (χ0n) is 13.2. The highest BCUT2D eigenvalue weighted by atomic mass is 16.6. The Hall–Kier alpha value is -1.89. The van der Waals surface area contributed by atoms with Crippen LogP contribution in [0.2, 0.25) is 0 Å². The molecule has 0 bridgehead atoms. The second-order valence-electron chi connectivity index (χ2n) is 6.81. The first-order valence-electron chi connectivity index (χ1n) is 7.35. The van der Waals surface area contributed by atoms with Crippen molar-refractivity contribution in [1.29, 1.82) is 0 Å². The molecule has 3 atom stereocenters. The molecule has 0 radical (unpaired) electrons. The first-order valence-corrected chi connectivity index (χ1v) is 7.35. The summed E-state index contributed by atoms with van der Waals surface area (Å²) in [6.45, 7) is 7.33. The number of carbonyl (C=O) groups excluding carboxylic acids is 1. The lowest BCUT2D eigenvalue weighted by Gasteiger charge is -2.19. The Kier molecular flexibility index (Phi) is 3.47. The summed E-state index contributed by atoms with van der Waals surface area (Å²) in [5.74, 6) is -0.254. The second-order valence-corrected chi connectivity index (χ2v) is 6.81. The number of hydrogen-bond acceptors (Lipinski definition) is 6. The molecule has 0 aliphatic carbocycles. The molecule has 3 heterocycles. The smallest absolute Gasteiger partial charge is 0.311 e. The van der Waals surface area contributed by atoms with Gasteiger partial charge in [0.2, 0.25) is 0 Å². The Bertz CT molecular complexity index is 661. The van der Waals surface area contributed by atoms with E-state index in [1.807, 2.05) is 20.8 Å². The van der Waals surface area contributed by atoms with Crippen LogP contribution in [0.5, 0.6) is 6.01 Å². The second kappa shape index (κ2) is 5.08. The molecule has 7 nitrogen and oxygen atoms in total. The average Bonchev–Trinajstić information content (AvgIpc) is 2.94. The maximum absolute atomic E-state index is 11.8. The molecule has 1 fully saturated rings. The number of aryl methyl sites for hydroxylation is 1. The van der Waals surface area contributed by atoms with Crippen molar-refractivity contribution >= 4 is 5.97 Å². The van der Waals surface area contributed by atoms with Crippen molar-refractivity contribution in [2.24, 2.45) is 5.41 Å². The molecule has 3 rings (SSSR count). The van der Waals surface area contributed by atoms with E-state index in [-0.39, 0.29) is 42.6 Å². The van der Waals surface area contributed by atoms with Gasteiger partial charge in [-0.25, -0.2) is 0 Å². The number of nitrogens with zero attached hydrogens (tertiary/aromatic N) is 2. The normalized spacial score (nSPS) is 26.3. The van der Waals surface area contributed by atoms with Gasteiger partial charge in [-0.05, 0) is 27.7 Å². The van der Waals surface area contributed by atoms with Crippen LogP contribution < -0.4 is 10.3 Å². The van der Waals surface area contributed by atoms with Crippen molar-refractivity contribution in [2.75, 3.05) is 6.61 Å². The van der Waals surface area contributed by atoms with Crippen LogP contribution >= 0.6 is 0 Å². The summed E-state index contributed by atoms with van der Waals surface area (Å²) in [6, 6.07) is 0.288. The fourth-order valence-electron chi connectivity index (χ4n) is 2.52. The molecule has 120 valence electrons. The molecule has 2 aliphatic heterocycles. The van der Waals surface area contributed by atoms with Crippen molar-refractivity contribution in [2.45, 2.75) is 52.6 Å². The number of esters is 1. The third-order valence-corrected chi connectivity index (χ3v) is 3.78. The number of hydrogen-bond donors (Lipinski definition) is 0. The van der Waals surface area contributed by atoms with E-state index < -0.39 is 5.41 Å². The van der Waals surface area contributed by atoms with Gasteiger partial charge in [0.15, 0.2) is 6.23 Å². The quantitative estimate of drug-likeness (QED) is 0.764. The number of fused-ring (bicyclic) bond motifs is 3. The van der Waals surface area contributed by atoms with E-state index in [9.17, 15) is 9.59 Å². The van der Waals surface area contributed by atoms with Crippen molar-refractivity contribution < 1.29 is 19.0 Å². The van der Waals surface area contributed by atoms with E-state index in [1.165, 1.54) is 0 Å². The summed E-state index contributed by atoms with van der Waals surface area (Å²) in [4.78, 5) is 27.2. The average molecular weight is 308 g/mol. The van der Waals surface area contributed by atoms with E-state index in [1.54, 1.807) is 17.7 Å². The molecule has 0 saturated carbocycles. The van der Waals surface area contributed by atoms with Crippen molar-refractivity contribution in [3.8, 4) is 6.01 Å². The predicted octanol–water partition coefficient (Wildman–Crippen LogP) is 1.19. The molecule has 1 aromatic rings. The third-order valence-electron chi connectivity index (χ3n) is 3.78. The van der Waals surface area contributed by atoms with Gasteiger partial charge in [0.25, 0.3) is 5.56 Å². The van der Waals surface area contributed by atoms with Gasteiger partial charge >= 0.3 is 12.0 Å². The Morgan fingerprint density at radius 1 is 1.50 bits per heavy atom. The maximum atomic E-state index is 11.8. The summed E-state index contributed by atoms with van der Waals surface area (Å²) in [5.41, 5.74) is -0.279. The zero-order chi connectivity index (χ0) is 16.1. The van der Waals surface area contributed by atoms with E-state index in [2.05, 4.69) is 4.98 Å². The first kappa shape index (κ1) is 15.0. The molecule has 22 heavy (non-hydrogen) atoms. The zero-order valence-corrected chi connectivity index (χ0v) is 13.2. The molecule has 1 saturated heterocycles. The Morgan fingerprint density at radius 3 is 2.91 bits per heavy atom. The topological polar surface area (TPSA) is 79.7 Å². The van der Waals surface area contributed by atoms with Gasteiger partial charge < -0.3 is 14.2 Å². The Balaban J connectivity index is 1.66. The fraction of sp³-hybridized carbons (Fsp3) is 0.667. The number of carbonyl (C=O) groups is 1. The van der Waals surface area contributed by atoms with Gasteiger partial charge in [-0.3, -0.25) is 14.2 Å². The molecular weight excluding hydrogens is 288 g/mol. The van der Waals surface area contributed by atoms with Crippen LogP contribution in [-0.4, -0.2) is 34.3 Å². The minimum Gasteiger partial charge on any atom is -0.463 e. The lowest BCUT2D eigenvalue weighted by molar-refractivity contribution is -0.157. The molecule has 1 aromatic heterocycles.